The van der Waals surface area contributed by atoms with E-state index in [1.54, 1.807) is 30.3 Å². The summed E-state index contributed by atoms with van der Waals surface area (Å²) in [6, 6.07) is 12.5. The number of hydrogen-bond acceptors (Lipinski definition) is 6. The van der Waals surface area contributed by atoms with Crippen LogP contribution in [0.25, 0.3) is 0 Å². The van der Waals surface area contributed by atoms with E-state index in [4.69, 9.17) is 4.74 Å². The normalized spacial score (nSPS) is 15.1. The van der Waals surface area contributed by atoms with Gasteiger partial charge in [0.1, 0.15) is 12.4 Å². The molecule has 1 aliphatic rings. The van der Waals surface area contributed by atoms with Crippen LogP contribution in [-0.4, -0.2) is 60.5 Å². The van der Waals surface area contributed by atoms with Crippen LogP contribution in [0.1, 0.15) is 11.1 Å². The van der Waals surface area contributed by atoms with E-state index in [0.717, 1.165) is 45.0 Å². The molecule has 0 saturated heterocycles. The summed E-state index contributed by atoms with van der Waals surface area (Å²) >= 11 is 0. The molecule has 1 aliphatic heterocycles. The number of ether oxygens (including phenoxy) is 1. The van der Waals surface area contributed by atoms with Gasteiger partial charge in [-0.05, 0) is 60.4 Å². The minimum absolute atomic E-state index is 0.500. The molecule has 0 amide bonds. The number of rotatable bonds is 8. The maximum atomic E-state index is 11.4. The Morgan fingerprint density at radius 1 is 0.833 bits per heavy atom. The fourth-order valence-corrected chi connectivity index (χ4v) is 4.52. The van der Waals surface area contributed by atoms with Gasteiger partial charge in [-0.15, -0.1) is 0 Å². The molecule has 0 radical (unpaired) electrons. The molecule has 2 aromatic carbocycles. The van der Waals surface area contributed by atoms with Crippen molar-refractivity contribution in [2.24, 2.45) is 0 Å². The number of anilines is 2. The van der Waals surface area contributed by atoms with Crippen LogP contribution in [0.15, 0.2) is 42.5 Å². The molecule has 0 atom stereocenters. The molecule has 0 fully saturated rings. The van der Waals surface area contributed by atoms with Gasteiger partial charge in [-0.1, -0.05) is 6.07 Å². The van der Waals surface area contributed by atoms with Crippen LogP contribution in [0, 0.1) is 0 Å². The Labute approximate surface area is 178 Å². The third-order valence-corrected chi connectivity index (χ3v) is 5.95. The predicted octanol–water partition coefficient (Wildman–Crippen LogP) is 1.91. The van der Waals surface area contributed by atoms with Crippen LogP contribution in [0.3, 0.4) is 0 Å². The zero-order chi connectivity index (χ0) is 21.8. The fraction of sp³-hybridized carbons (Fsp3) is 0.400. The van der Waals surface area contributed by atoms with Crippen molar-refractivity contribution in [3.05, 3.63) is 53.6 Å². The summed E-state index contributed by atoms with van der Waals surface area (Å²) in [5, 5.41) is 0. The van der Waals surface area contributed by atoms with E-state index in [0.29, 0.717) is 23.7 Å². The van der Waals surface area contributed by atoms with Crippen molar-refractivity contribution in [2.75, 3.05) is 48.2 Å². The quantitative estimate of drug-likeness (QED) is 0.633. The maximum Gasteiger partial charge on any atom is 0.229 e. The Kier molecular flexibility index (Phi) is 6.89. The Bertz CT molecular complexity index is 1080. The summed E-state index contributed by atoms with van der Waals surface area (Å²) < 4.78 is 56.1. The molecule has 10 heteroatoms. The highest BCUT2D eigenvalue weighted by Crippen LogP contribution is 2.21. The first-order chi connectivity index (χ1) is 14.1. The highest BCUT2D eigenvalue weighted by Gasteiger charge is 2.15. The number of nitrogens with zero attached hydrogens (tertiary/aromatic N) is 1. The fourth-order valence-electron chi connectivity index (χ4n) is 3.40. The lowest BCUT2D eigenvalue weighted by atomic mass is 10.0. The Balaban J connectivity index is 1.49. The molecule has 0 saturated carbocycles. The monoisotopic (exact) mass is 453 g/mol. The minimum atomic E-state index is -3.29. The van der Waals surface area contributed by atoms with Gasteiger partial charge in [0.15, 0.2) is 0 Å². The van der Waals surface area contributed by atoms with Gasteiger partial charge in [0.2, 0.25) is 20.0 Å². The summed E-state index contributed by atoms with van der Waals surface area (Å²) in [6.45, 7) is 3.07. The van der Waals surface area contributed by atoms with Crippen molar-refractivity contribution in [1.29, 1.82) is 0 Å². The number of benzene rings is 2. The van der Waals surface area contributed by atoms with E-state index in [2.05, 4.69) is 14.3 Å². The standard InChI is InChI=1S/C20H27N3O5S2/c1-29(24,25)21-18-5-7-20(8-6-18)28-14-13-23-11-9-16-3-4-19(22-30(2,26)27)15-17(16)10-12-23/h3-8,15,21-22H,9-14H2,1-2H3. The Morgan fingerprint density at radius 3 is 2.03 bits per heavy atom. The molecule has 2 N–H and O–H groups in total. The van der Waals surface area contributed by atoms with Crippen LogP contribution in [0.4, 0.5) is 11.4 Å². The molecule has 0 aromatic heterocycles. The van der Waals surface area contributed by atoms with Crippen molar-refractivity contribution in [1.82, 2.24) is 4.90 Å². The number of nitrogens with one attached hydrogen (secondary N) is 2. The molecule has 0 unspecified atom stereocenters. The topological polar surface area (TPSA) is 105 Å². The highest BCUT2D eigenvalue weighted by molar-refractivity contribution is 7.92. The second kappa shape index (κ2) is 9.23. The van der Waals surface area contributed by atoms with Gasteiger partial charge >= 0.3 is 0 Å². The molecule has 1 heterocycles. The van der Waals surface area contributed by atoms with Gasteiger partial charge in [-0.3, -0.25) is 14.3 Å². The minimum Gasteiger partial charge on any atom is -0.492 e. The molecule has 2 aromatic rings. The SMILES string of the molecule is CS(=O)(=O)Nc1ccc(OCCN2CCc3ccc(NS(C)(=O)=O)cc3CC2)cc1. The van der Waals surface area contributed by atoms with Crippen LogP contribution >= 0.6 is 0 Å². The van der Waals surface area contributed by atoms with E-state index >= 15 is 0 Å². The molecular formula is C20H27N3O5S2. The number of fused-ring (bicyclic) bond motifs is 1. The summed E-state index contributed by atoms with van der Waals surface area (Å²) in [5.41, 5.74) is 3.51. The first-order valence-electron chi connectivity index (χ1n) is 9.60. The van der Waals surface area contributed by atoms with Crippen molar-refractivity contribution in [2.45, 2.75) is 12.8 Å². The van der Waals surface area contributed by atoms with Gasteiger partial charge in [0, 0.05) is 31.0 Å². The first-order valence-corrected chi connectivity index (χ1v) is 13.4. The van der Waals surface area contributed by atoms with Crippen molar-refractivity contribution >= 4 is 31.4 Å². The van der Waals surface area contributed by atoms with Crippen molar-refractivity contribution < 1.29 is 21.6 Å². The van der Waals surface area contributed by atoms with E-state index in [-0.39, 0.29) is 0 Å². The molecule has 164 valence electrons. The molecule has 3 rings (SSSR count). The van der Waals surface area contributed by atoms with E-state index in [1.807, 2.05) is 12.1 Å². The van der Waals surface area contributed by atoms with Crippen LogP contribution in [0.5, 0.6) is 5.75 Å². The number of sulfonamides is 2. The van der Waals surface area contributed by atoms with Crippen molar-refractivity contribution in [3.63, 3.8) is 0 Å². The van der Waals surface area contributed by atoms with Crippen LogP contribution in [0.2, 0.25) is 0 Å². The van der Waals surface area contributed by atoms with Gasteiger partial charge in [0.25, 0.3) is 0 Å². The zero-order valence-corrected chi connectivity index (χ0v) is 18.7. The van der Waals surface area contributed by atoms with E-state index in [9.17, 15) is 16.8 Å². The first kappa shape index (κ1) is 22.4. The second-order valence-electron chi connectivity index (χ2n) is 7.45. The predicted molar refractivity (Wildman–Crippen MR) is 119 cm³/mol. The smallest absolute Gasteiger partial charge is 0.229 e. The van der Waals surface area contributed by atoms with Crippen molar-refractivity contribution in [3.8, 4) is 5.75 Å². The largest absolute Gasteiger partial charge is 0.492 e. The molecule has 8 nitrogen and oxygen atoms in total. The molecular weight excluding hydrogens is 426 g/mol. The lowest BCUT2D eigenvalue weighted by Crippen LogP contribution is -2.30. The third-order valence-electron chi connectivity index (χ3n) is 4.74. The maximum absolute atomic E-state index is 11.4. The molecule has 30 heavy (non-hydrogen) atoms. The second-order valence-corrected chi connectivity index (χ2v) is 10.9. The van der Waals surface area contributed by atoms with Crippen LogP contribution < -0.4 is 14.2 Å². The Hall–Kier alpha value is -2.30. The summed E-state index contributed by atoms with van der Waals surface area (Å²) in [7, 11) is -6.58. The molecule has 0 bridgehead atoms. The summed E-state index contributed by atoms with van der Waals surface area (Å²) in [6.07, 6.45) is 4.01. The summed E-state index contributed by atoms with van der Waals surface area (Å²) in [4.78, 5) is 2.32. The van der Waals surface area contributed by atoms with Gasteiger partial charge in [-0.2, -0.15) is 0 Å². The lowest BCUT2D eigenvalue weighted by Gasteiger charge is -2.19. The van der Waals surface area contributed by atoms with Gasteiger partial charge in [-0.25, -0.2) is 16.8 Å². The molecule has 0 aliphatic carbocycles. The average molecular weight is 454 g/mol. The zero-order valence-electron chi connectivity index (χ0n) is 17.1. The van der Waals surface area contributed by atoms with E-state index in [1.165, 1.54) is 11.1 Å². The van der Waals surface area contributed by atoms with Gasteiger partial charge in [0.05, 0.1) is 12.5 Å². The average Bonchev–Trinajstić information content (AvgIpc) is 2.83. The summed E-state index contributed by atoms with van der Waals surface area (Å²) in [5.74, 6) is 0.684. The highest BCUT2D eigenvalue weighted by atomic mass is 32.2. The number of hydrogen-bond donors (Lipinski definition) is 2. The third kappa shape index (κ3) is 7.19. The molecule has 0 spiro atoms. The Morgan fingerprint density at radius 2 is 1.40 bits per heavy atom. The van der Waals surface area contributed by atoms with E-state index < -0.39 is 20.0 Å². The van der Waals surface area contributed by atoms with Gasteiger partial charge < -0.3 is 4.74 Å². The lowest BCUT2D eigenvalue weighted by molar-refractivity contribution is 0.215. The van der Waals surface area contributed by atoms with Crippen LogP contribution in [-0.2, 0) is 32.9 Å².